The minimum atomic E-state index is -1.56. The van der Waals surface area contributed by atoms with Crippen LogP contribution in [0.4, 0.5) is 15.9 Å². The van der Waals surface area contributed by atoms with E-state index in [9.17, 15) is 14.4 Å². The predicted molar refractivity (Wildman–Crippen MR) is 140 cm³/mol. The van der Waals surface area contributed by atoms with Crippen LogP contribution in [0.1, 0.15) is 42.6 Å². The van der Waals surface area contributed by atoms with E-state index in [1.54, 1.807) is 12.1 Å². The predicted octanol–water partition coefficient (Wildman–Crippen LogP) is 3.47. The van der Waals surface area contributed by atoms with E-state index in [0.29, 0.717) is 24.0 Å². The summed E-state index contributed by atoms with van der Waals surface area (Å²) in [6.45, 7) is 3.40. The summed E-state index contributed by atoms with van der Waals surface area (Å²) in [7, 11) is -1.56. The van der Waals surface area contributed by atoms with Crippen molar-refractivity contribution in [1.82, 2.24) is 14.5 Å². The highest BCUT2D eigenvalue weighted by molar-refractivity contribution is 6.61. The van der Waals surface area contributed by atoms with Crippen molar-refractivity contribution >= 4 is 35.0 Å². The molecule has 0 aliphatic carbocycles. The lowest BCUT2D eigenvalue weighted by molar-refractivity contribution is 0.420. The van der Waals surface area contributed by atoms with Crippen LogP contribution in [0.3, 0.4) is 0 Å². The Labute approximate surface area is 209 Å². The Morgan fingerprint density at radius 2 is 1.94 bits per heavy atom. The molecule has 36 heavy (non-hydrogen) atoms. The average molecular weight is 485 g/mol. The van der Waals surface area contributed by atoms with Gasteiger partial charge in [-0.3, -0.25) is 4.57 Å². The van der Waals surface area contributed by atoms with E-state index in [4.69, 9.17) is 9.97 Å². The van der Waals surface area contributed by atoms with Gasteiger partial charge in [-0.15, -0.1) is 0 Å². The number of nitrogens with one attached hydrogen (secondary N) is 1. The molecule has 2 aromatic carbocycles. The number of aromatic nitrogens is 3. The van der Waals surface area contributed by atoms with Gasteiger partial charge in [-0.2, -0.15) is 4.98 Å². The van der Waals surface area contributed by atoms with E-state index in [1.165, 1.54) is 25.0 Å². The zero-order valence-corrected chi connectivity index (χ0v) is 20.3. The van der Waals surface area contributed by atoms with Gasteiger partial charge in [0.05, 0.1) is 11.2 Å². The van der Waals surface area contributed by atoms with Gasteiger partial charge in [0.2, 0.25) is 5.95 Å². The van der Waals surface area contributed by atoms with Crippen molar-refractivity contribution < 1.29 is 14.4 Å². The van der Waals surface area contributed by atoms with Gasteiger partial charge < -0.3 is 20.3 Å². The van der Waals surface area contributed by atoms with Gasteiger partial charge in [0.15, 0.2) is 5.82 Å². The number of nitrogens with zero attached hydrogens (tertiary/aromatic N) is 4. The Morgan fingerprint density at radius 3 is 2.78 bits per heavy atom. The van der Waals surface area contributed by atoms with Crippen molar-refractivity contribution in [3.05, 3.63) is 71.3 Å². The molecule has 184 valence electrons. The fourth-order valence-electron chi connectivity index (χ4n) is 5.80. The zero-order chi connectivity index (χ0) is 24.8. The number of rotatable bonds is 5. The first kappa shape index (κ1) is 23.0. The Morgan fingerprint density at radius 1 is 1.08 bits per heavy atom. The molecule has 2 aromatic heterocycles. The molecule has 6 rings (SSSR count). The van der Waals surface area contributed by atoms with Crippen LogP contribution in [0.25, 0.3) is 16.9 Å². The second-order valence-electron chi connectivity index (χ2n) is 9.81. The Bertz CT molecular complexity index is 1440. The number of fused-ring (bicyclic) bond motifs is 4. The summed E-state index contributed by atoms with van der Waals surface area (Å²) in [5.41, 5.74) is 5.10. The van der Waals surface area contributed by atoms with Crippen LogP contribution >= 0.6 is 0 Å². The molecule has 7 nitrogen and oxygen atoms in total. The highest BCUT2D eigenvalue weighted by atomic mass is 19.1. The van der Waals surface area contributed by atoms with E-state index in [0.717, 1.165) is 65.2 Å². The molecule has 2 aliphatic heterocycles. The maximum Gasteiger partial charge on any atom is 0.489 e. The van der Waals surface area contributed by atoms with Gasteiger partial charge >= 0.3 is 7.12 Å². The van der Waals surface area contributed by atoms with Crippen LogP contribution in [0.2, 0.25) is 0 Å². The molecule has 1 unspecified atom stereocenters. The van der Waals surface area contributed by atoms with Gasteiger partial charge in [0.1, 0.15) is 11.5 Å². The summed E-state index contributed by atoms with van der Waals surface area (Å²) < 4.78 is 15.8. The number of piperidine rings is 1. The molecule has 0 amide bonds. The first-order valence-electron chi connectivity index (χ1n) is 12.6. The second-order valence-corrected chi connectivity index (χ2v) is 9.81. The van der Waals surface area contributed by atoms with Gasteiger partial charge in [-0.05, 0) is 74.3 Å². The molecular formula is C27H29BFN5O2. The zero-order valence-electron chi connectivity index (χ0n) is 20.3. The van der Waals surface area contributed by atoms with Crippen molar-refractivity contribution in [3.8, 4) is 5.95 Å². The van der Waals surface area contributed by atoms with E-state index < -0.39 is 7.12 Å². The summed E-state index contributed by atoms with van der Waals surface area (Å²) in [6, 6.07) is 14.5. The van der Waals surface area contributed by atoms with Gasteiger partial charge in [-0.1, -0.05) is 24.3 Å². The maximum absolute atomic E-state index is 13.8. The summed E-state index contributed by atoms with van der Waals surface area (Å²) in [5.74, 6) is 1.04. The number of halogens is 1. The fourth-order valence-corrected chi connectivity index (χ4v) is 5.80. The average Bonchev–Trinajstić information content (AvgIpc) is 3.22. The first-order chi connectivity index (χ1) is 17.5. The molecule has 4 heterocycles. The van der Waals surface area contributed by atoms with Crippen LogP contribution in [-0.2, 0) is 13.0 Å². The standard InChI is InChI=1S/C27H29BFN5O2/c1-17-14-21-22(28(35)36)9-5-10-24(21)34(17)27-31-23-12-11-20-8-2-3-13-33(20)25(23)26(32-27)30-16-18-6-4-7-19(29)15-18/h4-7,9-10,14-15,20,35-36H,2-3,8,11-13,16H2,1H3,(H,30,31,32). The van der Waals surface area contributed by atoms with Gasteiger partial charge in [0.25, 0.3) is 0 Å². The summed E-state index contributed by atoms with van der Waals surface area (Å²) in [4.78, 5) is 12.5. The van der Waals surface area contributed by atoms with E-state index in [-0.39, 0.29) is 5.82 Å². The van der Waals surface area contributed by atoms with E-state index in [1.807, 2.05) is 35.8 Å². The molecule has 0 saturated carbocycles. The number of benzene rings is 2. The maximum atomic E-state index is 13.8. The molecule has 2 aliphatic rings. The van der Waals surface area contributed by atoms with Crippen LogP contribution in [-0.4, -0.2) is 44.3 Å². The highest BCUT2D eigenvalue weighted by Gasteiger charge is 2.33. The van der Waals surface area contributed by atoms with Crippen LogP contribution in [0.15, 0.2) is 48.5 Å². The third-order valence-electron chi connectivity index (χ3n) is 7.46. The summed E-state index contributed by atoms with van der Waals surface area (Å²) >= 11 is 0. The van der Waals surface area contributed by atoms with E-state index >= 15 is 0 Å². The topological polar surface area (TPSA) is 86.4 Å². The summed E-state index contributed by atoms with van der Waals surface area (Å²) in [6.07, 6.45) is 5.51. The highest BCUT2D eigenvalue weighted by Crippen LogP contribution is 2.39. The first-order valence-corrected chi connectivity index (χ1v) is 12.6. The quantitative estimate of drug-likeness (QED) is 0.376. The number of hydrogen-bond donors (Lipinski definition) is 3. The lowest BCUT2D eigenvalue weighted by Crippen LogP contribution is -2.43. The lowest BCUT2D eigenvalue weighted by atomic mass is 9.78. The molecule has 0 bridgehead atoms. The molecule has 0 radical (unpaired) electrons. The minimum Gasteiger partial charge on any atom is -0.423 e. The normalized spacial score (nSPS) is 17.1. The number of aryl methyl sites for hydroxylation is 2. The Hall–Kier alpha value is -3.43. The monoisotopic (exact) mass is 485 g/mol. The molecule has 0 spiro atoms. The van der Waals surface area contributed by atoms with Gasteiger partial charge in [-0.25, -0.2) is 9.37 Å². The van der Waals surface area contributed by atoms with Crippen molar-refractivity contribution in [1.29, 1.82) is 0 Å². The third kappa shape index (κ3) is 4.02. The number of hydrogen-bond acceptors (Lipinski definition) is 6. The largest absolute Gasteiger partial charge is 0.489 e. The molecule has 4 aromatic rings. The fraction of sp³-hybridized carbons (Fsp3) is 0.333. The van der Waals surface area contributed by atoms with E-state index in [2.05, 4.69) is 10.2 Å². The SMILES string of the molecule is Cc1cc2c(B(O)O)cccc2n1-c1nc2c(c(NCc3cccc(F)c3)n1)N1CCCCC1CC2. The van der Waals surface area contributed by atoms with Crippen molar-refractivity contribution in [2.24, 2.45) is 0 Å². The van der Waals surface area contributed by atoms with Crippen LogP contribution in [0, 0.1) is 12.7 Å². The smallest absolute Gasteiger partial charge is 0.423 e. The Kier molecular flexibility index (Phi) is 5.89. The lowest BCUT2D eigenvalue weighted by Gasteiger charge is -2.42. The summed E-state index contributed by atoms with van der Waals surface area (Å²) in [5, 5.41) is 24.0. The molecule has 9 heteroatoms. The second kappa shape index (κ2) is 9.22. The van der Waals surface area contributed by atoms with Crippen molar-refractivity contribution in [2.75, 3.05) is 16.8 Å². The van der Waals surface area contributed by atoms with Crippen LogP contribution < -0.4 is 15.7 Å². The Balaban J connectivity index is 1.48. The van der Waals surface area contributed by atoms with Crippen molar-refractivity contribution in [3.63, 3.8) is 0 Å². The molecule has 3 N–H and O–H groups in total. The molecule has 1 saturated heterocycles. The third-order valence-corrected chi connectivity index (χ3v) is 7.46. The van der Waals surface area contributed by atoms with Crippen molar-refractivity contribution in [2.45, 2.75) is 51.6 Å². The van der Waals surface area contributed by atoms with Crippen LogP contribution in [0.5, 0.6) is 0 Å². The van der Waals surface area contributed by atoms with Gasteiger partial charge in [0, 0.05) is 30.2 Å². The molecule has 1 atom stereocenters. The number of anilines is 2. The molecule has 1 fully saturated rings. The minimum absolute atomic E-state index is 0.257. The molecular weight excluding hydrogens is 456 g/mol.